The SMILES string of the molecule is CCCCCCCCC1CCc2cc(-c3ccc(O)cc3)nc(F)c2C1. The van der Waals surface area contributed by atoms with Crippen molar-refractivity contribution in [3.8, 4) is 17.0 Å². The lowest BCUT2D eigenvalue weighted by Crippen LogP contribution is -2.17. The summed E-state index contributed by atoms with van der Waals surface area (Å²) in [7, 11) is 0. The normalized spacial score (nSPS) is 16.5. The van der Waals surface area contributed by atoms with Crippen LogP contribution >= 0.6 is 0 Å². The molecule has 3 heteroatoms. The van der Waals surface area contributed by atoms with E-state index in [-0.39, 0.29) is 11.7 Å². The van der Waals surface area contributed by atoms with Crippen LogP contribution in [0.15, 0.2) is 30.3 Å². The summed E-state index contributed by atoms with van der Waals surface area (Å²) in [6.07, 6.45) is 12.0. The number of rotatable bonds is 8. The molecule has 0 fully saturated rings. The maximum absolute atomic E-state index is 14.6. The predicted molar refractivity (Wildman–Crippen MR) is 105 cm³/mol. The lowest BCUT2D eigenvalue weighted by atomic mass is 9.81. The van der Waals surface area contributed by atoms with E-state index in [1.807, 2.05) is 6.07 Å². The number of halogens is 1. The molecule has 0 bridgehead atoms. The number of phenols is 1. The monoisotopic (exact) mass is 355 g/mol. The molecular weight excluding hydrogens is 325 g/mol. The van der Waals surface area contributed by atoms with Crippen molar-refractivity contribution in [3.05, 3.63) is 47.4 Å². The van der Waals surface area contributed by atoms with Gasteiger partial charge in [0.15, 0.2) is 0 Å². The van der Waals surface area contributed by atoms with Gasteiger partial charge in [0.1, 0.15) is 5.75 Å². The zero-order valence-electron chi connectivity index (χ0n) is 15.8. The molecule has 1 unspecified atom stereocenters. The van der Waals surface area contributed by atoms with E-state index in [4.69, 9.17) is 0 Å². The van der Waals surface area contributed by atoms with Crippen LogP contribution in [0.3, 0.4) is 0 Å². The molecule has 1 aromatic heterocycles. The van der Waals surface area contributed by atoms with E-state index in [0.717, 1.165) is 36.0 Å². The number of benzene rings is 1. The summed E-state index contributed by atoms with van der Waals surface area (Å²) in [5.74, 6) is 0.507. The molecule has 0 aliphatic heterocycles. The van der Waals surface area contributed by atoms with Crippen LogP contribution in [-0.4, -0.2) is 10.1 Å². The van der Waals surface area contributed by atoms with E-state index in [9.17, 15) is 9.50 Å². The van der Waals surface area contributed by atoms with Gasteiger partial charge in [-0.1, -0.05) is 51.9 Å². The van der Waals surface area contributed by atoms with E-state index in [0.29, 0.717) is 11.6 Å². The third-order valence-corrected chi connectivity index (χ3v) is 5.61. The Kier molecular flexibility index (Phi) is 6.65. The Morgan fingerprint density at radius 1 is 1.08 bits per heavy atom. The molecular formula is C23H30FNO. The molecule has 1 aliphatic carbocycles. The fourth-order valence-electron chi connectivity index (χ4n) is 4.02. The minimum atomic E-state index is -0.307. The quantitative estimate of drug-likeness (QED) is 0.436. The smallest absolute Gasteiger partial charge is 0.216 e. The van der Waals surface area contributed by atoms with Gasteiger partial charge in [-0.2, -0.15) is 4.39 Å². The molecule has 3 rings (SSSR count). The zero-order chi connectivity index (χ0) is 18.4. The van der Waals surface area contributed by atoms with Crippen LogP contribution in [0.5, 0.6) is 5.75 Å². The van der Waals surface area contributed by atoms with Gasteiger partial charge in [0.25, 0.3) is 0 Å². The van der Waals surface area contributed by atoms with Crippen molar-refractivity contribution < 1.29 is 9.50 Å². The van der Waals surface area contributed by atoms with E-state index < -0.39 is 0 Å². The van der Waals surface area contributed by atoms with E-state index in [2.05, 4.69) is 11.9 Å². The number of pyridine rings is 1. The zero-order valence-corrected chi connectivity index (χ0v) is 15.8. The summed E-state index contributed by atoms with van der Waals surface area (Å²) in [5, 5.41) is 9.42. The van der Waals surface area contributed by atoms with Crippen LogP contribution in [-0.2, 0) is 12.8 Å². The Bertz CT molecular complexity index is 711. The Balaban J connectivity index is 1.60. The standard InChI is InChI=1S/C23H30FNO/c1-2-3-4-5-6-7-8-17-9-10-19-16-22(25-23(24)21(19)15-17)18-11-13-20(26)14-12-18/h11-14,16-17,26H,2-10,15H2,1H3. The number of hydrogen-bond acceptors (Lipinski definition) is 2. The fourth-order valence-corrected chi connectivity index (χ4v) is 4.02. The Labute approximate surface area is 156 Å². The Morgan fingerprint density at radius 3 is 2.58 bits per heavy atom. The van der Waals surface area contributed by atoms with Crippen LogP contribution in [0.2, 0.25) is 0 Å². The summed E-state index contributed by atoms with van der Waals surface area (Å²) in [5.41, 5.74) is 3.45. The molecule has 2 aromatic rings. The second-order valence-corrected chi connectivity index (χ2v) is 7.65. The average Bonchev–Trinajstić information content (AvgIpc) is 2.65. The van der Waals surface area contributed by atoms with Gasteiger partial charge >= 0.3 is 0 Å². The van der Waals surface area contributed by atoms with Crippen LogP contribution in [0.4, 0.5) is 4.39 Å². The van der Waals surface area contributed by atoms with E-state index >= 15 is 0 Å². The maximum Gasteiger partial charge on any atom is 0.216 e. The third kappa shape index (κ3) is 4.84. The summed E-state index contributed by atoms with van der Waals surface area (Å²) in [4.78, 5) is 4.20. The van der Waals surface area contributed by atoms with Crippen molar-refractivity contribution in [2.75, 3.05) is 0 Å². The van der Waals surface area contributed by atoms with Gasteiger partial charge in [0, 0.05) is 11.1 Å². The first-order valence-corrected chi connectivity index (χ1v) is 10.1. The first-order valence-electron chi connectivity index (χ1n) is 10.1. The van der Waals surface area contributed by atoms with E-state index in [1.54, 1.807) is 24.3 Å². The molecule has 0 saturated heterocycles. The second kappa shape index (κ2) is 9.16. The predicted octanol–water partition coefficient (Wildman–Crippen LogP) is 6.45. The number of unbranched alkanes of at least 4 members (excludes halogenated alkanes) is 5. The largest absolute Gasteiger partial charge is 0.508 e. The van der Waals surface area contributed by atoms with E-state index in [1.165, 1.54) is 44.9 Å². The number of aromatic nitrogens is 1. The molecule has 1 atom stereocenters. The first-order chi connectivity index (χ1) is 12.7. The van der Waals surface area contributed by atoms with Gasteiger partial charge in [0.05, 0.1) is 5.69 Å². The highest BCUT2D eigenvalue weighted by Gasteiger charge is 2.23. The number of aryl methyl sites for hydroxylation is 1. The van der Waals surface area contributed by atoms with Crippen molar-refractivity contribution in [2.24, 2.45) is 5.92 Å². The Morgan fingerprint density at radius 2 is 1.81 bits per heavy atom. The second-order valence-electron chi connectivity index (χ2n) is 7.65. The summed E-state index contributed by atoms with van der Waals surface area (Å²) in [6.45, 7) is 2.25. The minimum absolute atomic E-state index is 0.213. The summed E-state index contributed by atoms with van der Waals surface area (Å²) >= 11 is 0. The van der Waals surface area contributed by atoms with Crippen LogP contribution in [0.1, 0.15) is 69.4 Å². The van der Waals surface area contributed by atoms with Crippen molar-refractivity contribution in [2.45, 2.75) is 71.1 Å². The van der Waals surface area contributed by atoms with Gasteiger partial charge in [-0.15, -0.1) is 0 Å². The van der Waals surface area contributed by atoms with Crippen molar-refractivity contribution in [3.63, 3.8) is 0 Å². The van der Waals surface area contributed by atoms with Crippen LogP contribution < -0.4 is 0 Å². The van der Waals surface area contributed by atoms with Crippen molar-refractivity contribution in [1.29, 1.82) is 0 Å². The first kappa shape index (κ1) is 18.9. The van der Waals surface area contributed by atoms with Gasteiger partial charge in [-0.05, 0) is 61.1 Å². The van der Waals surface area contributed by atoms with Gasteiger partial charge in [-0.3, -0.25) is 0 Å². The molecule has 140 valence electrons. The van der Waals surface area contributed by atoms with Gasteiger partial charge in [-0.25, -0.2) is 4.98 Å². The molecule has 1 heterocycles. The number of hydrogen-bond donors (Lipinski definition) is 1. The molecule has 2 nitrogen and oxygen atoms in total. The third-order valence-electron chi connectivity index (χ3n) is 5.61. The highest BCUT2D eigenvalue weighted by molar-refractivity contribution is 5.61. The fraction of sp³-hybridized carbons (Fsp3) is 0.522. The molecule has 1 N–H and O–H groups in total. The van der Waals surface area contributed by atoms with Crippen LogP contribution in [0, 0.1) is 11.9 Å². The maximum atomic E-state index is 14.6. The molecule has 1 aromatic carbocycles. The molecule has 26 heavy (non-hydrogen) atoms. The molecule has 0 saturated carbocycles. The number of aromatic hydroxyl groups is 1. The number of nitrogens with zero attached hydrogens (tertiary/aromatic N) is 1. The Hall–Kier alpha value is -1.90. The lowest BCUT2D eigenvalue weighted by molar-refractivity contribution is 0.392. The van der Waals surface area contributed by atoms with Gasteiger partial charge in [0.2, 0.25) is 5.95 Å². The van der Waals surface area contributed by atoms with Crippen molar-refractivity contribution in [1.82, 2.24) is 4.98 Å². The highest BCUT2D eigenvalue weighted by atomic mass is 19.1. The number of phenolic OH excluding ortho intramolecular Hbond substituents is 1. The van der Waals surface area contributed by atoms with Crippen molar-refractivity contribution >= 4 is 0 Å². The summed E-state index contributed by atoms with van der Waals surface area (Å²) < 4.78 is 14.6. The highest BCUT2D eigenvalue weighted by Crippen LogP contribution is 2.33. The average molecular weight is 355 g/mol. The lowest BCUT2D eigenvalue weighted by Gasteiger charge is -2.25. The molecule has 1 aliphatic rings. The van der Waals surface area contributed by atoms with Gasteiger partial charge < -0.3 is 5.11 Å². The molecule has 0 amide bonds. The minimum Gasteiger partial charge on any atom is -0.508 e. The molecule has 0 radical (unpaired) electrons. The van der Waals surface area contributed by atoms with Crippen LogP contribution in [0.25, 0.3) is 11.3 Å². The topological polar surface area (TPSA) is 33.1 Å². The molecule has 0 spiro atoms. The summed E-state index contributed by atoms with van der Waals surface area (Å²) in [6, 6.07) is 8.84. The number of fused-ring (bicyclic) bond motifs is 1.